The summed E-state index contributed by atoms with van der Waals surface area (Å²) in [7, 11) is 1.61. The number of nitrogens with one attached hydrogen (secondary N) is 1. The summed E-state index contributed by atoms with van der Waals surface area (Å²) < 4.78 is 6.98. The van der Waals surface area contributed by atoms with Crippen LogP contribution in [0.3, 0.4) is 0 Å². The van der Waals surface area contributed by atoms with Crippen LogP contribution in [0.1, 0.15) is 11.1 Å². The van der Waals surface area contributed by atoms with Crippen LogP contribution in [-0.4, -0.2) is 27.8 Å². The van der Waals surface area contributed by atoms with E-state index in [4.69, 9.17) is 9.84 Å². The third-order valence-corrected chi connectivity index (χ3v) is 4.97. The second-order valence-corrected chi connectivity index (χ2v) is 7.16. The Labute approximate surface area is 191 Å². The Hall–Kier alpha value is -4.70. The van der Waals surface area contributed by atoms with E-state index in [0.29, 0.717) is 11.3 Å². The van der Waals surface area contributed by atoms with Crippen molar-refractivity contribution in [2.75, 3.05) is 7.11 Å². The molecule has 7 nitrogen and oxygen atoms in total. The van der Waals surface area contributed by atoms with Gasteiger partial charge in [0.15, 0.2) is 0 Å². The van der Waals surface area contributed by atoms with Gasteiger partial charge in [0.1, 0.15) is 17.4 Å². The average molecular weight is 435 g/mol. The number of benzene rings is 2. The first kappa shape index (κ1) is 21.5. The number of carbonyl (C=O) groups is 1. The molecule has 0 saturated carbocycles. The summed E-state index contributed by atoms with van der Waals surface area (Å²) in [6.45, 7) is 0.278. The van der Waals surface area contributed by atoms with E-state index in [1.165, 1.54) is 0 Å². The number of hydrogen-bond donors (Lipinski definition) is 1. The first-order valence-corrected chi connectivity index (χ1v) is 10.3. The molecule has 0 aliphatic carbocycles. The van der Waals surface area contributed by atoms with Crippen LogP contribution in [0.25, 0.3) is 23.0 Å². The second kappa shape index (κ2) is 10.1. The lowest BCUT2D eigenvalue weighted by atomic mass is 10.1. The normalized spacial score (nSPS) is 11.0. The Kier molecular flexibility index (Phi) is 6.57. The maximum Gasteiger partial charge on any atom is 0.262 e. The summed E-state index contributed by atoms with van der Waals surface area (Å²) in [6, 6.07) is 22.8. The van der Waals surface area contributed by atoms with Crippen molar-refractivity contribution >= 4 is 12.0 Å². The first-order chi connectivity index (χ1) is 16.2. The summed E-state index contributed by atoms with van der Waals surface area (Å²) in [4.78, 5) is 16.7. The maximum atomic E-state index is 12.7. The number of amides is 1. The minimum absolute atomic E-state index is 0.0127. The summed E-state index contributed by atoms with van der Waals surface area (Å²) in [6.07, 6.45) is 6.70. The molecule has 0 bridgehead atoms. The molecule has 0 radical (unpaired) electrons. The molecule has 7 heteroatoms. The van der Waals surface area contributed by atoms with E-state index < -0.39 is 5.91 Å². The SMILES string of the molecule is COc1ccc(-c2nn(-c3ccccc3)cc2/C=C(\C#N)C(=O)NCc2cccnc2)cc1. The summed E-state index contributed by atoms with van der Waals surface area (Å²) in [5.74, 6) is 0.264. The number of methoxy groups -OCH3 is 1. The molecule has 0 saturated heterocycles. The highest BCUT2D eigenvalue weighted by molar-refractivity contribution is 6.02. The maximum absolute atomic E-state index is 12.7. The lowest BCUT2D eigenvalue weighted by Gasteiger charge is -2.05. The second-order valence-electron chi connectivity index (χ2n) is 7.16. The number of pyridine rings is 1. The Bertz CT molecular complexity index is 1300. The molecule has 2 aromatic heterocycles. The number of aromatic nitrogens is 3. The van der Waals surface area contributed by atoms with Crippen LogP contribution in [0.4, 0.5) is 0 Å². The molecule has 2 heterocycles. The molecule has 0 spiro atoms. The lowest BCUT2D eigenvalue weighted by molar-refractivity contribution is -0.117. The minimum Gasteiger partial charge on any atom is -0.497 e. The molecule has 1 N–H and O–H groups in total. The molecule has 1 amide bonds. The van der Waals surface area contributed by atoms with Crippen LogP contribution in [-0.2, 0) is 11.3 Å². The zero-order chi connectivity index (χ0) is 23.0. The van der Waals surface area contributed by atoms with Gasteiger partial charge in [0.05, 0.1) is 18.5 Å². The van der Waals surface area contributed by atoms with E-state index in [0.717, 1.165) is 22.6 Å². The number of nitrogens with zero attached hydrogens (tertiary/aromatic N) is 4. The molecule has 4 rings (SSSR count). The molecule has 33 heavy (non-hydrogen) atoms. The molecular formula is C26H21N5O2. The van der Waals surface area contributed by atoms with Gasteiger partial charge in [0, 0.05) is 36.3 Å². The quantitative estimate of drug-likeness (QED) is 0.347. The van der Waals surface area contributed by atoms with Gasteiger partial charge in [-0.15, -0.1) is 0 Å². The molecule has 4 aromatic rings. The number of nitriles is 1. The number of carbonyl (C=O) groups excluding carboxylic acids is 1. The van der Waals surface area contributed by atoms with Crippen molar-refractivity contribution in [3.8, 4) is 28.8 Å². The lowest BCUT2D eigenvalue weighted by Crippen LogP contribution is -2.24. The van der Waals surface area contributed by atoms with E-state index in [1.54, 1.807) is 42.5 Å². The Balaban J connectivity index is 1.69. The van der Waals surface area contributed by atoms with Crippen molar-refractivity contribution in [3.05, 3.63) is 102 Å². The van der Waals surface area contributed by atoms with E-state index in [-0.39, 0.29) is 12.1 Å². The van der Waals surface area contributed by atoms with Crippen LogP contribution in [0.2, 0.25) is 0 Å². The Morgan fingerprint density at radius 1 is 1.12 bits per heavy atom. The van der Waals surface area contributed by atoms with Gasteiger partial charge in [-0.2, -0.15) is 10.4 Å². The highest BCUT2D eigenvalue weighted by atomic mass is 16.5. The average Bonchev–Trinajstić information content (AvgIpc) is 3.31. The Morgan fingerprint density at radius 3 is 2.58 bits per heavy atom. The number of para-hydroxylation sites is 1. The molecule has 0 unspecified atom stereocenters. The predicted octanol–water partition coefficient (Wildman–Crippen LogP) is 4.17. The van der Waals surface area contributed by atoms with Gasteiger partial charge in [-0.1, -0.05) is 24.3 Å². The van der Waals surface area contributed by atoms with Gasteiger partial charge in [0.25, 0.3) is 5.91 Å². The molecule has 162 valence electrons. The van der Waals surface area contributed by atoms with Crippen molar-refractivity contribution in [1.82, 2.24) is 20.1 Å². The molecule has 0 aliphatic rings. The predicted molar refractivity (Wildman–Crippen MR) is 125 cm³/mol. The van der Waals surface area contributed by atoms with Crippen LogP contribution < -0.4 is 10.1 Å². The van der Waals surface area contributed by atoms with Crippen molar-refractivity contribution in [2.45, 2.75) is 6.54 Å². The van der Waals surface area contributed by atoms with E-state index in [9.17, 15) is 10.1 Å². The monoisotopic (exact) mass is 435 g/mol. The van der Waals surface area contributed by atoms with Crippen LogP contribution in [0.5, 0.6) is 5.75 Å². The van der Waals surface area contributed by atoms with Gasteiger partial charge >= 0.3 is 0 Å². The highest BCUT2D eigenvalue weighted by Crippen LogP contribution is 2.27. The van der Waals surface area contributed by atoms with Crippen molar-refractivity contribution < 1.29 is 9.53 Å². The van der Waals surface area contributed by atoms with Crippen LogP contribution in [0.15, 0.2) is 90.9 Å². The molecule has 0 fully saturated rings. The van der Waals surface area contributed by atoms with Gasteiger partial charge in [-0.25, -0.2) is 4.68 Å². The summed E-state index contributed by atoms with van der Waals surface area (Å²) in [5.41, 5.74) is 3.84. The fraction of sp³-hybridized carbons (Fsp3) is 0.0769. The number of ether oxygens (including phenoxy) is 1. The zero-order valence-corrected chi connectivity index (χ0v) is 18.0. The molecule has 2 aromatic carbocycles. The van der Waals surface area contributed by atoms with Gasteiger partial charge in [-0.05, 0) is 54.1 Å². The first-order valence-electron chi connectivity index (χ1n) is 10.3. The third kappa shape index (κ3) is 5.14. The van der Waals surface area contributed by atoms with E-state index in [2.05, 4.69) is 10.3 Å². The zero-order valence-electron chi connectivity index (χ0n) is 18.0. The van der Waals surface area contributed by atoms with E-state index >= 15 is 0 Å². The Morgan fingerprint density at radius 2 is 1.91 bits per heavy atom. The topological polar surface area (TPSA) is 92.8 Å². The minimum atomic E-state index is -0.463. The van der Waals surface area contributed by atoms with Crippen molar-refractivity contribution in [2.24, 2.45) is 0 Å². The van der Waals surface area contributed by atoms with Crippen molar-refractivity contribution in [3.63, 3.8) is 0 Å². The number of rotatable bonds is 7. The third-order valence-electron chi connectivity index (χ3n) is 4.97. The van der Waals surface area contributed by atoms with E-state index in [1.807, 2.05) is 66.7 Å². The summed E-state index contributed by atoms with van der Waals surface area (Å²) >= 11 is 0. The highest BCUT2D eigenvalue weighted by Gasteiger charge is 2.15. The van der Waals surface area contributed by atoms with Gasteiger partial charge in [-0.3, -0.25) is 9.78 Å². The van der Waals surface area contributed by atoms with Crippen molar-refractivity contribution in [1.29, 1.82) is 5.26 Å². The summed E-state index contributed by atoms with van der Waals surface area (Å²) in [5, 5.41) is 17.2. The molecule has 0 atom stereocenters. The van der Waals surface area contributed by atoms with Crippen LogP contribution in [0, 0.1) is 11.3 Å². The fourth-order valence-corrected chi connectivity index (χ4v) is 3.26. The van der Waals surface area contributed by atoms with Gasteiger partial charge < -0.3 is 10.1 Å². The fourth-order valence-electron chi connectivity index (χ4n) is 3.26. The number of hydrogen-bond acceptors (Lipinski definition) is 5. The largest absolute Gasteiger partial charge is 0.497 e. The van der Waals surface area contributed by atoms with Crippen LogP contribution >= 0.6 is 0 Å². The van der Waals surface area contributed by atoms with Gasteiger partial charge in [0.2, 0.25) is 0 Å². The molecular weight excluding hydrogens is 414 g/mol. The smallest absolute Gasteiger partial charge is 0.262 e. The molecule has 0 aliphatic heterocycles. The standard InChI is InChI=1S/C26H21N5O2/c1-33-24-11-9-20(10-12-24)25-22(18-31(30-25)23-7-3-2-4-8-23)14-21(15-27)26(32)29-17-19-6-5-13-28-16-19/h2-14,16,18H,17H2,1H3,(H,29,32)/b21-14+.